The first-order chi connectivity index (χ1) is 15.1. The summed E-state index contributed by atoms with van der Waals surface area (Å²) in [7, 11) is -3.70. The van der Waals surface area contributed by atoms with Gasteiger partial charge < -0.3 is 19.5 Å². The molecule has 0 radical (unpaired) electrons. The first kappa shape index (κ1) is 22.9. The van der Waals surface area contributed by atoms with Gasteiger partial charge in [0.2, 0.25) is 10.0 Å². The highest BCUT2D eigenvalue weighted by Gasteiger charge is 2.61. The van der Waals surface area contributed by atoms with E-state index in [-0.39, 0.29) is 30.5 Å². The van der Waals surface area contributed by atoms with E-state index in [1.54, 1.807) is 62.4 Å². The van der Waals surface area contributed by atoms with Gasteiger partial charge in [0, 0.05) is 12.1 Å². The maximum absolute atomic E-state index is 12.7. The Labute approximate surface area is 188 Å². The van der Waals surface area contributed by atoms with Crippen molar-refractivity contribution < 1.29 is 27.4 Å². The Morgan fingerprint density at radius 1 is 1.09 bits per heavy atom. The summed E-state index contributed by atoms with van der Waals surface area (Å²) in [6.45, 7) is 5.85. The first-order valence-corrected chi connectivity index (χ1v) is 12.0. The number of benzene rings is 2. The van der Waals surface area contributed by atoms with Crippen LogP contribution >= 0.6 is 0 Å². The molecule has 0 spiro atoms. The standard InChI is InChI=1S/C23H28N2O6S/c1-16-9-11-18(12-10-16)32(27,28)25-13-19-20-23(15-29-19,31-22(2,3)30-20)14-24-21(26)17-7-5-4-6-8-17/h4-12,19-20,25H,13-15H2,1-3H3,(H,24,26)/t19-,20-,23+/m1/s1. The highest BCUT2D eigenvalue weighted by Crippen LogP contribution is 2.43. The topological polar surface area (TPSA) is 103 Å². The molecular formula is C23H28N2O6S. The van der Waals surface area contributed by atoms with Gasteiger partial charge in [-0.2, -0.15) is 0 Å². The molecule has 172 valence electrons. The van der Waals surface area contributed by atoms with Gasteiger partial charge >= 0.3 is 0 Å². The van der Waals surface area contributed by atoms with Crippen LogP contribution in [0, 0.1) is 6.92 Å². The van der Waals surface area contributed by atoms with Crippen LogP contribution in [0.3, 0.4) is 0 Å². The molecule has 3 atom stereocenters. The largest absolute Gasteiger partial charge is 0.371 e. The Morgan fingerprint density at radius 2 is 1.78 bits per heavy atom. The van der Waals surface area contributed by atoms with Crippen molar-refractivity contribution in [2.75, 3.05) is 19.7 Å². The van der Waals surface area contributed by atoms with Gasteiger partial charge in [0.05, 0.1) is 18.0 Å². The molecule has 0 unspecified atom stereocenters. The van der Waals surface area contributed by atoms with Crippen LogP contribution in [0.15, 0.2) is 59.5 Å². The third-order valence-electron chi connectivity index (χ3n) is 5.65. The zero-order chi connectivity index (χ0) is 23.0. The fraction of sp³-hybridized carbons (Fsp3) is 0.435. The van der Waals surface area contributed by atoms with Gasteiger partial charge in [0.15, 0.2) is 5.79 Å². The summed E-state index contributed by atoms with van der Waals surface area (Å²) in [5, 5.41) is 2.90. The zero-order valence-electron chi connectivity index (χ0n) is 18.3. The molecule has 0 saturated carbocycles. The molecule has 2 fully saturated rings. The highest BCUT2D eigenvalue weighted by atomic mass is 32.2. The molecule has 2 aromatic carbocycles. The van der Waals surface area contributed by atoms with Crippen molar-refractivity contribution in [3.63, 3.8) is 0 Å². The molecule has 2 heterocycles. The lowest BCUT2D eigenvalue weighted by Gasteiger charge is -2.27. The lowest BCUT2D eigenvalue weighted by molar-refractivity contribution is -0.188. The van der Waals surface area contributed by atoms with Crippen molar-refractivity contribution in [3.05, 3.63) is 65.7 Å². The number of hydrogen-bond donors (Lipinski definition) is 2. The number of sulfonamides is 1. The number of fused-ring (bicyclic) bond motifs is 1. The van der Waals surface area contributed by atoms with E-state index in [1.807, 2.05) is 13.0 Å². The van der Waals surface area contributed by atoms with Gasteiger partial charge in [0.25, 0.3) is 5.91 Å². The maximum atomic E-state index is 12.7. The molecule has 32 heavy (non-hydrogen) atoms. The Hall–Kier alpha value is -2.30. The Morgan fingerprint density at radius 3 is 2.47 bits per heavy atom. The molecule has 2 saturated heterocycles. The van der Waals surface area contributed by atoms with Crippen LogP contribution in [0.25, 0.3) is 0 Å². The minimum atomic E-state index is -3.70. The number of rotatable bonds is 7. The summed E-state index contributed by atoms with van der Waals surface area (Å²) in [5.74, 6) is -1.12. The van der Waals surface area contributed by atoms with E-state index >= 15 is 0 Å². The van der Waals surface area contributed by atoms with Crippen molar-refractivity contribution in [2.24, 2.45) is 0 Å². The van der Waals surface area contributed by atoms with Crippen LogP contribution < -0.4 is 10.0 Å². The van der Waals surface area contributed by atoms with Crippen LogP contribution in [0.4, 0.5) is 0 Å². The van der Waals surface area contributed by atoms with Gasteiger partial charge in [-0.05, 0) is 45.0 Å². The van der Waals surface area contributed by atoms with E-state index in [0.717, 1.165) is 5.56 Å². The average Bonchev–Trinajstić information content (AvgIpc) is 3.21. The van der Waals surface area contributed by atoms with E-state index in [0.29, 0.717) is 5.56 Å². The number of amides is 1. The fourth-order valence-electron chi connectivity index (χ4n) is 4.11. The van der Waals surface area contributed by atoms with Crippen LogP contribution in [-0.2, 0) is 24.2 Å². The van der Waals surface area contributed by atoms with Gasteiger partial charge in [-0.3, -0.25) is 4.79 Å². The van der Waals surface area contributed by atoms with Gasteiger partial charge in [-0.1, -0.05) is 35.9 Å². The highest BCUT2D eigenvalue weighted by molar-refractivity contribution is 7.89. The number of ether oxygens (including phenoxy) is 3. The van der Waals surface area contributed by atoms with E-state index in [2.05, 4.69) is 10.0 Å². The smallest absolute Gasteiger partial charge is 0.251 e. The Bertz CT molecular complexity index is 1070. The van der Waals surface area contributed by atoms with E-state index in [9.17, 15) is 13.2 Å². The van der Waals surface area contributed by atoms with Crippen LogP contribution in [0.5, 0.6) is 0 Å². The second kappa shape index (κ2) is 8.57. The molecule has 0 aromatic heterocycles. The van der Waals surface area contributed by atoms with Gasteiger partial charge in [-0.15, -0.1) is 0 Å². The van der Waals surface area contributed by atoms with Crippen LogP contribution in [-0.4, -0.2) is 57.6 Å². The van der Waals surface area contributed by atoms with Gasteiger partial charge in [-0.25, -0.2) is 13.1 Å². The molecule has 0 bridgehead atoms. The molecule has 2 aliphatic heterocycles. The minimum absolute atomic E-state index is 0.0225. The maximum Gasteiger partial charge on any atom is 0.251 e. The Balaban J connectivity index is 1.44. The van der Waals surface area contributed by atoms with Crippen LogP contribution in [0.2, 0.25) is 0 Å². The summed E-state index contributed by atoms with van der Waals surface area (Å²) in [6, 6.07) is 15.5. The average molecular weight is 461 g/mol. The Kier molecular flexibility index (Phi) is 6.12. The third kappa shape index (κ3) is 4.72. The fourth-order valence-corrected chi connectivity index (χ4v) is 5.16. The SMILES string of the molecule is Cc1ccc(S(=O)(=O)NC[C@H]2OC[C@]3(CNC(=O)c4ccccc4)OC(C)(C)O[C@H]23)cc1. The second-order valence-corrected chi connectivity index (χ2v) is 10.4. The number of nitrogens with one attached hydrogen (secondary N) is 2. The molecule has 4 rings (SSSR count). The second-order valence-electron chi connectivity index (χ2n) is 8.67. The zero-order valence-corrected chi connectivity index (χ0v) is 19.1. The summed E-state index contributed by atoms with van der Waals surface area (Å²) < 4.78 is 46.1. The quantitative estimate of drug-likeness (QED) is 0.655. The lowest BCUT2D eigenvalue weighted by Crippen LogP contribution is -2.52. The molecular weight excluding hydrogens is 432 g/mol. The molecule has 2 aliphatic rings. The molecule has 0 aliphatic carbocycles. The number of hydrogen-bond acceptors (Lipinski definition) is 6. The summed E-state index contributed by atoms with van der Waals surface area (Å²) in [4.78, 5) is 12.7. The van der Waals surface area contributed by atoms with E-state index in [4.69, 9.17) is 14.2 Å². The molecule has 8 nitrogen and oxygen atoms in total. The number of aryl methyl sites for hydroxylation is 1. The lowest BCUT2D eigenvalue weighted by atomic mass is 9.96. The summed E-state index contributed by atoms with van der Waals surface area (Å²) in [5.41, 5.74) is 0.609. The molecule has 1 amide bonds. The minimum Gasteiger partial charge on any atom is -0.371 e. The molecule has 9 heteroatoms. The van der Waals surface area contributed by atoms with Crippen molar-refractivity contribution in [1.82, 2.24) is 10.0 Å². The predicted molar refractivity (Wildman–Crippen MR) is 118 cm³/mol. The monoisotopic (exact) mass is 460 g/mol. The summed E-state index contributed by atoms with van der Waals surface area (Å²) >= 11 is 0. The van der Waals surface area contributed by atoms with Crippen molar-refractivity contribution in [3.8, 4) is 0 Å². The number of carbonyl (C=O) groups is 1. The van der Waals surface area contributed by atoms with Crippen molar-refractivity contribution in [2.45, 2.75) is 49.3 Å². The molecule has 2 aromatic rings. The van der Waals surface area contributed by atoms with Gasteiger partial charge in [0.1, 0.15) is 17.8 Å². The normalized spacial score (nSPS) is 26.6. The molecule has 2 N–H and O–H groups in total. The van der Waals surface area contributed by atoms with E-state index < -0.39 is 33.6 Å². The third-order valence-corrected chi connectivity index (χ3v) is 7.09. The van der Waals surface area contributed by atoms with Crippen molar-refractivity contribution in [1.29, 1.82) is 0 Å². The van der Waals surface area contributed by atoms with E-state index in [1.165, 1.54) is 0 Å². The number of carbonyl (C=O) groups excluding carboxylic acids is 1. The first-order valence-electron chi connectivity index (χ1n) is 10.5. The van der Waals surface area contributed by atoms with Crippen LogP contribution in [0.1, 0.15) is 29.8 Å². The summed E-state index contributed by atoms with van der Waals surface area (Å²) in [6.07, 6.45) is -1.11. The predicted octanol–water partition coefficient (Wildman–Crippen LogP) is 1.99. The van der Waals surface area contributed by atoms with Crippen molar-refractivity contribution >= 4 is 15.9 Å².